The Morgan fingerprint density at radius 1 is 1.05 bits per heavy atom. The highest BCUT2D eigenvalue weighted by Gasteiger charge is 2.20. The number of fused-ring (bicyclic) bond motifs is 1. The van der Waals surface area contributed by atoms with Crippen molar-refractivity contribution in [3.8, 4) is 0 Å². The molecule has 3 aromatic rings. The number of sulfone groups is 1. The van der Waals surface area contributed by atoms with Gasteiger partial charge in [0, 0.05) is 6.20 Å². The van der Waals surface area contributed by atoms with Gasteiger partial charge in [0.2, 0.25) is 14.2 Å². The number of nitrogens with zero attached hydrogens (tertiary/aromatic N) is 2. The van der Waals surface area contributed by atoms with Crippen LogP contribution in [-0.4, -0.2) is 18.4 Å². The van der Waals surface area contributed by atoms with Gasteiger partial charge < -0.3 is 0 Å². The minimum absolute atomic E-state index is 0.0341. The molecule has 0 N–H and O–H groups in total. The van der Waals surface area contributed by atoms with E-state index in [0.29, 0.717) is 5.65 Å². The summed E-state index contributed by atoms with van der Waals surface area (Å²) in [5.41, 5.74) is 1.24. The fraction of sp³-hybridized carbons (Fsp3) is 0.0769. The lowest BCUT2D eigenvalue weighted by Gasteiger charge is -2.00. The third-order valence-corrected chi connectivity index (χ3v) is 5.76. The van der Waals surface area contributed by atoms with Crippen molar-refractivity contribution in [1.29, 1.82) is 0 Å². The van der Waals surface area contributed by atoms with Gasteiger partial charge in [-0.05, 0) is 17.7 Å². The molecule has 2 heterocycles. The Kier molecular flexibility index (Phi) is 3.04. The number of aromatic nitrogens is 2. The summed E-state index contributed by atoms with van der Waals surface area (Å²) in [6.45, 7) is 0. The Hall–Kier alpha value is -1.79. The van der Waals surface area contributed by atoms with E-state index in [1.807, 2.05) is 24.3 Å². The summed E-state index contributed by atoms with van der Waals surface area (Å²) in [5, 5.41) is 0. The highest BCUT2D eigenvalue weighted by atomic mass is 32.2. The van der Waals surface area contributed by atoms with Crippen molar-refractivity contribution in [1.82, 2.24) is 9.97 Å². The van der Waals surface area contributed by atoms with E-state index in [1.165, 1.54) is 0 Å². The number of benzene rings is 1. The summed E-state index contributed by atoms with van der Waals surface area (Å²) in [4.78, 5) is 8.16. The van der Waals surface area contributed by atoms with Crippen molar-refractivity contribution in [3.05, 3.63) is 54.2 Å². The molecule has 6 heteroatoms. The lowest BCUT2D eigenvalue weighted by molar-refractivity contribution is 0.594. The summed E-state index contributed by atoms with van der Waals surface area (Å²) in [7, 11) is -3.41. The first-order chi connectivity index (χ1) is 9.15. The van der Waals surface area contributed by atoms with Crippen molar-refractivity contribution in [2.45, 2.75) is 10.1 Å². The summed E-state index contributed by atoms with van der Waals surface area (Å²) >= 11 is 1.16. The second-order valence-electron chi connectivity index (χ2n) is 4.05. The monoisotopic (exact) mass is 290 g/mol. The van der Waals surface area contributed by atoms with Crippen LogP contribution < -0.4 is 0 Å². The predicted octanol–water partition coefficient (Wildman–Crippen LogP) is 2.67. The molecule has 4 nitrogen and oxygen atoms in total. The quantitative estimate of drug-likeness (QED) is 0.744. The van der Waals surface area contributed by atoms with Crippen LogP contribution in [-0.2, 0) is 15.6 Å². The number of hydrogen-bond acceptors (Lipinski definition) is 5. The number of hydrogen-bond donors (Lipinski definition) is 0. The SMILES string of the molecule is O=S(=O)(Cc1ccccc1)c1nc2ncccc2s1. The fourth-order valence-corrected chi connectivity index (χ4v) is 4.33. The lowest BCUT2D eigenvalue weighted by Crippen LogP contribution is -2.04. The maximum Gasteiger partial charge on any atom is 0.212 e. The summed E-state index contributed by atoms with van der Waals surface area (Å²) < 4.78 is 25.5. The van der Waals surface area contributed by atoms with Gasteiger partial charge in [0.1, 0.15) is 0 Å². The maximum absolute atomic E-state index is 12.3. The highest BCUT2D eigenvalue weighted by Crippen LogP contribution is 2.26. The Balaban J connectivity index is 2.00. The Morgan fingerprint density at radius 2 is 1.84 bits per heavy atom. The number of thiazole rings is 1. The maximum atomic E-state index is 12.3. The smallest absolute Gasteiger partial charge is 0.212 e. The van der Waals surface area contributed by atoms with E-state index < -0.39 is 9.84 Å². The zero-order chi connectivity index (χ0) is 13.3. The summed E-state index contributed by atoms with van der Waals surface area (Å²) in [5.74, 6) is -0.0341. The van der Waals surface area contributed by atoms with Gasteiger partial charge in [0.05, 0.1) is 10.5 Å². The first-order valence-electron chi connectivity index (χ1n) is 5.63. The van der Waals surface area contributed by atoms with Crippen molar-refractivity contribution in [2.75, 3.05) is 0 Å². The molecule has 0 aliphatic rings. The van der Waals surface area contributed by atoms with E-state index >= 15 is 0 Å². The standard InChI is InChI=1S/C13H10N2O2S2/c16-19(17,9-10-5-2-1-3-6-10)13-15-12-11(18-13)7-4-8-14-12/h1-8H,9H2. The third kappa shape index (κ3) is 2.50. The van der Waals surface area contributed by atoms with Crippen LogP contribution >= 0.6 is 11.3 Å². The molecule has 0 aliphatic heterocycles. The van der Waals surface area contributed by atoms with Crippen LogP contribution in [0.3, 0.4) is 0 Å². The fourth-order valence-electron chi connectivity index (χ4n) is 1.74. The van der Waals surface area contributed by atoms with Crippen molar-refractivity contribution in [3.63, 3.8) is 0 Å². The van der Waals surface area contributed by atoms with Gasteiger partial charge in [-0.15, -0.1) is 11.3 Å². The average molecular weight is 290 g/mol. The number of pyridine rings is 1. The van der Waals surface area contributed by atoms with Crippen molar-refractivity contribution in [2.24, 2.45) is 0 Å². The van der Waals surface area contributed by atoms with E-state index in [1.54, 1.807) is 24.4 Å². The van der Waals surface area contributed by atoms with Gasteiger partial charge in [-0.3, -0.25) is 0 Å². The molecule has 0 spiro atoms. The molecule has 0 bridgehead atoms. The van der Waals surface area contributed by atoms with Crippen LogP contribution in [0, 0.1) is 0 Å². The average Bonchev–Trinajstić information content (AvgIpc) is 2.84. The second-order valence-corrected chi connectivity index (χ2v) is 7.24. The van der Waals surface area contributed by atoms with Crippen molar-refractivity contribution >= 4 is 31.5 Å². The van der Waals surface area contributed by atoms with Gasteiger partial charge in [0.15, 0.2) is 5.65 Å². The first kappa shape index (κ1) is 12.3. The molecule has 0 unspecified atom stereocenters. The van der Waals surface area contributed by atoms with Gasteiger partial charge in [-0.25, -0.2) is 18.4 Å². The third-order valence-electron chi connectivity index (χ3n) is 2.61. The summed E-state index contributed by atoms with van der Waals surface area (Å²) in [6, 6.07) is 12.7. The molecular weight excluding hydrogens is 280 g/mol. The molecule has 1 aromatic carbocycles. The Bertz CT molecular complexity index is 778. The molecular formula is C13H10N2O2S2. The van der Waals surface area contributed by atoms with E-state index in [9.17, 15) is 8.42 Å². The zero-order valence-electron chi connectivity index (χ0n) is 9.85. The number of rotatable bonds is 3. The normalized spacial score (nSPS) is 11.8. The Labute approximate surface area is 114 Å². The lowest BCUT2D eigenvalue weighted by atomic mass is 10.2. The van der Waals surface area contributed by atoms with Gasteiger partial charge in [0.25, 0.3) is 0 Å². The van der Waals surface area contributed by atoms with E-state index in [4.69, 9.17) is 0 Å². The van der Waals surface area contributed by atoms with Crippen LogP contribution in [0.25, 0.3) is 10.3 Å². The minimum atomic E-state index is -3.41. The minimum Gasteiger partial charge on any atom is -0.236 e. The molecule has 0 fully saturated rings. The molecule has 2 aromatic heterocycles. The van der Waals surface area contributed by atoms with Gasteiger partial charge in [-0.1, -0.05) is 30.3 Å². The molecule has 0 atom stereocenters. The molecule has 0 saturated carbocycles. The van der Waals surface area contributed by atoms with Gasteiger partial charge in [-0.2, -0.15) is 0 Å². The first-order valence-corrected chi connectivity index (χ1v) is 8.10. The molecule has 3 rings (SSSR count). The van der Waals surface area contributed by atoms with Crippen LogP contribution in [0.15, 0.2) is 53.0 Å². The van der Waals surface area contributed by atoms with Crippen LogP contribution in [0.1, 0.15) is 5.56 Å². The Morgan fingerprint density at radius 3 is 2.58 bits per heavy atom. The highest BCUT2D eigenvalue weighted by molar-refractivity contribution is 7.92. The molecule has 0 amide bonds. The van der Waals surface area contributed by atoms with E-state index in [-0.39, 0.29) is 10.1 Å². The van der Waals surface area contributed by atoms with E-state index in [2.05, 4.69) is 9.97 Å². The molecule has 19 heavy (non-hydrogen) atoms. The second kappa shape index (κ2) is 4.71. The van der Waals surface area contributed by atoms with Gasteiger partial charge >= 0.3 is 0 Å². The molecule has 96 valence electrons. The zero-order valence-corrected chi connectivity index (χ0v) is 11.5. The van der Waals surface area contributed by atoms with Crippen LogP contribution in [0.4, 0.5) is 0 Å². The summed E-state index contributed by atoms with van der Waals surface area (Å²) in [6.07, 6.45) is 1.61. The molecule has 0 aliphatic carbocycles. The topological polar surface area (TPSA) is 59.9 Å². The van der Waals surface area contributed by atoms with Crippen LogP contribution in [0.2, 0.25) is 0 Å². The van der Waals surface area contributed by atoms with E-state index in [0.717, 1.165) is 21.6 Å². The molecule has 0 radical (unpaired) electrons. The molecule has 0 saturated heterocycles. The van der Waals surface area contributed by atoms with Crippen molar-refractivity contribution < 1.29 is 8.42 Å². The largest absolute Gasteiger partial charge is 0.236 e. The predicted molar refractivity (Wildman–Crippen MR) is 74.7 cm³/mol. The van der Waals surface area contributed by atoms with Crippen LogP contribution in [0.5, 0.6) is 0 Å².